The zero-order valence-electron chi connectivity index (χ0n) is 27.4. The van der Waals surface area contributed by atoms with Crippen LogP contribution >= 0.6 is 11.8 Å². The number of rotatable bonds is 6. The van der Waals surface area contributed by atoms with E-state index in [1.807, 2.05) is 24.4 Å². The first kappa shape index (κ1) is 29.5. The van der Waals surface area contributed by atoms with Crippen LogP contribution in [0.25, 0.3) is 88.4 Å². The molecular formula is C47H29NO2S. The fourth-order valence-electron chi connectivity index (χ4n) is 7.08. The van der Waals surface area contributed by atoms with E-state index in [2.05, 4.69) is 151 Å². The average Bonchev–Trinajstić information content (AvgIpc) is 3.76. The molecule has 0 spiro atoms. The summed E-state index contributed by atoms with van der Waals surface area (Å²) in [5.41, 5.74) is 13.0. The molecule has 0 N–H and O–H groups in total. The summed E-state index contributed by atoms with van der Waals surface area (Å²) in [4.78, 5) is 6.71. The number of hydrogen-bond donors (Lipinski definition) is 0. The molecule has 10 rings (SSSR count). The summed E-state index contributed by atoms with van der Waals surface area (Å²) in [6.45, 7) is 0. The number of pyridine rings is 1. The minimum absolute atomic E-state index is 0.858. The minimum atomic E-state index is 0.858. The summed E-state index contributed by atoms with van der Waals surface area (Å²) in [5.74, 6) is 0. The van der Waals surface area contributed by atoms with Crippen LogP contribution < -0.4 is 0 Å². The lowest BCUT2D eigenvalue weighted by molar-refractivity contribution is 0.668. The number of hydrogen-bond acceptors (Lipinski definition) is 4. The fraction of sp³-hybridized carbons (Fsp3) is 0. The van der Waals surface area contributed by atoms with Crippen molar-refractivity contribution in [1.82, 2.24) is 4.98 Å². The number of aromatic nitrogens is 1. The van der Waals surface area contributed by atoms with Crippen LogP contribution in [-0.4, -0.2) is 4.98 Å². The molecule has 0 saturated heterocycles. The second-order valence-corrected chi connectivity index (χ2v) is 14.0. The van der Waals surface area contributed by atoms with Crippen LogP contribution in [0.5, 0.6) is 0 Å². The van der Waals surface area contributed by atoms with Crippen molar-refractivity contribution in [3.63, 3.8) is 0 Å². The van der Waals surface area contributed by atoms with E-state index in [0.717, 1.165) is 49.4 Å². The monoisotopic (exact) mass is 671 g/mol. The molecule has 0 fully saturated rings. The predicted molar refractivity (Wildman–Crippen MR) is 211 cm³/mol. The average molecular weight is 672 g/mol. The van der Waals surface area contributed by atoms with Gasteiger partial charge in [-0.1, -0.05) is 103 Å². The first-order valence-electron chi connectivity index (χ1n) is 17.0. The third kappa shape index (κ3) is 5.47. The Morgan fingerprint density at radius 2 is 0.784 bits per heavy atom. The third-order valence-corrected chi connectivity index (χ3v) is 10.6. The maximum Gasteiger partial charge on any atom is 0.138 e. The fourth-order valence-corrected chi connectivity index (χ4v) is 8.01. The zero-order valence-corrected chi connectivity index (χ0v) is 28.2. The van der Waals surface area contributed by atoms with E-state index in [1.165, 1.54) is 48.7 Å². The molecule has 4 heteroatoms. The highest BCUT2D eigenvalue weighted by molar-refractivity contribution is 7.99. The molecule has 3 heterocycles. The third-order valence-electron chi connectivity index (χ3n) is 9.61. The summed E-state index contributed by atoms with van der Waals surface area (Å²) in [5, 5.41) is 4.40. The van der Waals surface area contributed by atoms with Gasteiger partial charge in [-0.05, 0) is 117 Å². The smallest absolute Gasteiger partial charge is 0.138 e. The molecule has 10 aromatic rings. The van der Waals surface area contributed by atoms with Gasteiger partial charge in [0.2, 0.25) is 0 Å². The Kier molecular flexibility index (Phi) is 7.07. The lowest BCUT2D eigenvalue weighted by atomic mass is 9.98. The maximum absolute atomic E-state index is 6.07. The lowest BCUT2D eigenvalue weighted by Gasteiger charge is -2.10. The summed E-state index contributed by atoms with van der Waals surface area (Å²) in [6.07, 6.45) is 3.64. The first-order valence-corrected chi connectivity index (χ1v) is 17.8. The molecule has 7 aromatic carbocycles. The van der Waals surface area contributed by atoms with Crippen LogP contribution in [0.3, 0.4) is 0 Å². The van der Waals surface area contributed by atoms with Crippen LogP contribution in [0.15, 0.2) is 195 Å². The number of fused-ring (bicyclic) bond motifs is 6. The Bertz CT molecular complexity index is 2720. The van der Waals surface area contributed by atoms with E-state index in [0.29, 0.717) is 0 Å². The van der Waals surface area contributed by atoms with E-state index in [-0.39, 0.29) is 0 Å². The summed E-state index contributed by atoms with van der Waals surface area (Å²) < 4.78 is 12.1. The topological polar surface area (TPSA) is 39.2 Å². The van der Waals surface area contributed by atoms with Crippen molar-refractivity contribution >= 4 is 55.6 Å². The van der Waals surface area contributed by atoms with Gasteiger partial charge >= 0.3 is 0 Å². The molecule has 51 heavy (non-hydrogen) atoms. The van der Waals surface area contributed by atoms with E-state index < -0.39 is 0 Å². The zero-order chi connectivity index (χ0) is 33.7. The Morgan fingerprint density at radius 1 is 0.333 bits per heavy atom. The first-order chi connectivity index (χ1) is 25.2. The second kappa shape index (κ2) is 12.2. The Hall–Kier alpha value is -6.36. The highest BCUT2D eigenvalue weighted by Gasteiger charge is 2.12. The second-order valence-electron chi connectivity index (χ2n) is 12.8. The van der Waals surface area contributed by atoms with E-state index in [1.54, 1.807) is 18.0 Å². The molecule has 0 aliphatic heterocycles. The van der Waals surface area contributed by atoms with Crippen molar-refractivity contribution < 1.29 is 8.83 Å². The Morgan fingerprint density at radius 3 is 1.37 bits per heavy atom. The molecule has 0 saturated carbocycles. The molecule has 0 unspecified atom stereocenters. The Labute approximate surface area is 298 Å². The molecule has 3 nitrogen and oxygen atoms in total. The van der Waals surface area contributed by atoms with Crippen LogP contribution in [0.1, 0.15) is 0 Å². The van der Waals surface area contributed by atoms with Gasteiger partial charge in [-0.15, -0.1) is 0 Å². The Balaban J connectivity index is 0.920. The van der Waals surface area contributed by atoms with E-state index >= 15 is 0 Å². The van der Waals surface area contributed by atoms with Crippen LogP contribution in [0.2, 0.25) is 0 Å². The number of para-hydroxylation sites is 1. The SMILES string of the molecule is c1cc(Sc2cccc(-c3cccc(-c4ccc5oc6ccncc6c5c4)c3)c2)cc(-c2cccc(-c3ccc4oc5ccccc5c4c3)c2)c1. The molecule has 3 aromatic heterocycles. The normalized spacial score (nSPS) is 11.6. The molecule has 0 atom stereocenters. The van der Waals surface area contributed by atoms with E-state index in [4.69, 9.17) is 8.83 Å². The molecule has 0 aliphatic rings. The maximum atomic E-state index is 6.07. The predicted octanol–water partition coefficient (Wildman–Crippen LogP) is 13.7. The largest absolute Gasteiger partial charge is 0.456 e. The number of furan rings is 2. The molecule has 240 valence electrons. The number of benzene rings is 7. The van der Waals surface area contributed by atoms with Crippen molar-refractivity contribution in [3.05, 3.63) is 176 Å². The highest BCUT2D eigenvalue weighted by Crippen LogP contribution is 2.38. The van der Waals surface area contributed by atoms with Gasteiger partial charge in [-0.25, -0.2) is 0 Å². The summed E-state index contributed by atoms with van der Waals surface area (Å²) in [6, 6.07) is 58.2. The van der Waals surface area contributed by atoms with Crippen molar-refractivity contribution in [2.75, 3.05) is 0 Å². The van der Waals surface area contributed by atoms with Crippen LogP contribution in [-0.2, 0) is 0 Å². The molecule has 0 bridgehead atoms. The minimum Gasteiger partial charge on any atom is -0.456 e. The standard InChI is InChI=1S/C47H29NO2S/c1-2-16-44-40(15-1)41-27-36(17-19-45(41)49-44)32-9-3-7-30(23-32)34-11-5-13-38(25-34)51-39-14-6-12-35(26-39)31-8-4-10-33(24-31)37-18-20-46-42(28-37)43-29-48-22-21-47(43)50-46/h1-29H. The lowest BCUT2D eigenvalue weighted by Crippen LogP contribution is -1.84. The van der Waals surface area contributed by atoms with Gasteiger partial charge in [0.15, 0.2) is 0 Å². The van der Waals surface area contributed by atoms with Gasteiger partial charge in [0.1, 0.15) is 22.3 Å². The van der Waals surface area contributed by atoms with Gasteiger partial charge in [-0.3, -0.25) is 4.98 Å². The van der Waals surface area contributed by atoms with E-state index in [9.17, 15) is 0 Å². The molecule has 0 radical (unpaired) electrons. The quantitative estimate of drug-likeness (QED) is 0.176. The van der Waals surface area contributed by atoms with Crippen molar-refractivity contribution in [2.24, 2.45) is 0 Å². The summed E-state index contributed by atoms with van der Waals surface area (Å²) in [7, 11) is 0. The molecule has 0 aliphatic carbocycles. The van der Waals surface area contributed by atoms with Crippen LogP contribution in [0, 0.1) is 0 Å². The number of nitrogens with zero attached hydrogens (tertiary/aromatic N) is 1. The van der Waals surface area contributed by atoms with Gasteiger partial charge in [0.05, 0.1) is 0 Å². The van der Waals surface area contributed by atoms with Gasteiger partial charge < -0.3 is 8.83 Å². The van der Waals surface area contributed by atoms with Gasteiger partial charge in [0, 0.05) is 43.7 Å². The van der Waals surface area contributed by atoms with Crippen molar-refractivity contribution in [1.29, 1.82) is 0 Å². The van der Waals surface area contributed by atoms with Crippen LogP contribution in [0.4, 0.5) is 0 Å². The van der Waals surface area contributed by atoms with Gasteiger partial charge in [-0.2, -0.15) is 0 Å². The molecule has 0 amide bonds. The van der Waals surface area contributed by atoms with Crippen molar-refractivity contribution in [3.8, 4) is 44.5 Å². The van der Waals surface area contributed by atoms with Crippen molar-refractivity contribution in [2.45, 2.75) is 9.79 Å². The molecular weight excluding hydrogens is 643 g/mol. The highest BCUT2D eigenvalue weighted by atomic mass is 32.2. The summed E-state index contributed by atoms with van der Waals surface area (Å²) >= 11 is 1.79. The van der Waals surface area contributed by atoms with Gasteiger partial charge in [0.25, 0.3) is 0 Å².